The summed E-state index contributed by atoms with van der Waals surface area (Å²) in [5, 5.41) is 0.00243. The molecule has 7 nitrogen and oxygen atoms in total. The van der Waals surface area contributed by atoms with Gasteiger partial charge in [0.05, 0.1) is 0 Å². The molecule has 0 saturated carbocycles. The number of amides is 1. The van der Waals surface area contributed by atoms with E-state index in [2.05, 4.69) is 31.7 Å². The van der Waals surface area contributed by atoms with Gasteiger partial charge < -0.3 is 19.3 Å². The van der Waals surface area contributed by atoms with Gasteiger partial charge in [-0.05, 0) is 65.5 Å². The lowest BCUT2D eigenvalue weighted by Crippen LogP contribution is -2.31. The predicted octanol–water partition coefficient (Wildman–Crippen LogP) is 10.4. The molecule has 0 N–H and O–H groups in total. The van der Waals surface area contributed by atoms with Crippen molar-refractivity contribution in [2.45, 2.75) is 168 Å². The highest BCUT2D eigenvalue weighted by Gasteiger charge is 2.18. The van der Waals surface area contributed by atoms with E-state index >= 15 is 0 Å². The maximum Gasteiger partial charge on any atom is 0.306 e. The topological polar surface area (TPSA) is 76.1 Å². The van der Waals surface area contributed by atoms with Crippen LogP contribution in [-0.4, -0.2) is 79.2 Å². The van der Waals surface area contributed by atoms with E-state index in [0.717, 1.165) is 38.6 Å². The summed E-state index contributed by atoms with van der Waals surface area (Å²) >= 11 is 1.30. The number of rotatable bonds is 32. The van der Waals surface area contributed by atoms with Gasteiger partial charge in [0.2, 0.25) is 0 Å². The van der Waals surface area contributed by atoms with Gasteiger partial charge in [-0.25, -0.2) is 0 Å². The largest absolute Gasteiger partial charge is 0.462 e. The average Bonchev–Trinajstić information content (AvgIpc) is 3.02. The zero-order valence-electron chi connectivity index (χ0n) is 30.7. The van der Waals surface area contributed by atoms with Gasteiger partial charge in [0.25, 0.3) is 5.24 Å². The van der Waals surface area contributed by atoms with Crippen molar-refractivity contribution in [3.8, 4) is 0 Å². The van der Waals surface area contributed by atoms with E-state index in [-0.39, 0.29) is 29.7 Å². The van der Waals surface area contributed by atoms with Gasteiger partial charge in [-0.2, -0.15) is 0 Å². The molecule has 1 atom stereocenters. The Morgan fingerprint density at radius 2 is 1.15 bits per heavy atom. The zero-order chi connectivity index (χ0) is 34.1. The third-order valence-electron chi connectivity index (χ3n) is 8.18. The molecule has 0 fully saturated rings. The standard InChI is InChI=1S/C38H72N2O5S/c1-6-9-12-15-17-20-23-33-44-36(41)28-24-30-40(38(43)46-34-32-39(4)5)31-25-29-37(42)45-35(26-21-18-14-11-8-3)27-22-19-16-13-10-7-2/h20,23,35H,6-19,21-22,24-34H2,1-5H3/b23-20-. The molecule has 0 saturated heterocycles. The monoisotopic (exact) mass is 669 g/mol. The summed E-state index contributed by atoms with van der Waals surface area (Å²) in [5.74, 6) is 0.312. The molecule has 0 rings (SSSR count). The van der Waals surface area contributed by atoms with Crippen molar-refractivity contribution in [3.05, 3.63) is 12.2 Å². The summed E-state index contributed by atoms with van der Waals surface area (Å²) in [5.41, 5.74) is 0. The highest BCUT2D eigenvalue weighted by atomic mass is 32.2. The fraction of sp³-hybridized carbons (Fsp3) is 0.868. The fourth-order valence-corrected chi connectivity index (χ4v) is 6.25. The molecule has 1 amide bonds. The number of carbonyl (C=O) groups is 3. The SMILES string of the molecule is CCCCCC/C=C\COC(=O)CCCN(CCCC(=O)OC(CCCCCCC)CCCCCCCC)C(=O)SCCN(C)C. The summed E-state index contributed by atoms with van der Waals surface area (Å²) in [4.78, 5) is 42.0. The second kappa shape index (κ2) is 33.4. The Balaban J connectivity index is 4.73. The molecule has 0 aromatic rings. The van der Waals surface area contributed by atoms with Crippen LogP contribution in [0, 0.1) is 0 Å². The van der Waals surface area contributed by atoms with Crippen LogP contribution in [0.2, 0.25) is 0 Å². The summed E-state index contributed by atoms with van der Waals surface area (Å²) in [7, 11) is 3.99. The minimum absolute atomic E-state index is 0.00143. The molecule has 0 aliphatic heterocycles. The first-order chi connectivity index (χ1) is 22.3. The van der Waals surface area contributed by atoms with Crippen LogP contribution in [0.25, 0.3) is 0 Å². The zero-order valence-corrected chi connectivity index (χ0v) is 31.5. The Morgan fingerprint density at radius 3 is 1.72 bits per heavy atom. The van der Waals surface area contributed by atoms with Gasteiger partial charge in [0.15, 0.2) is 0 Å². The van der Waals surface area contributed by atoms with Gasteiger partial charge in [0, 0.05) is 38.2 Å². The van der Waals surface area contributed by atoms with E-state index in [0.29, 0.717) is 44.7 Å². The molecule has 270 valence electrons. The number of carbonyl (C=O) groups excluding carboxylic acids is 3. The Bertz CT molecular complexity index is 761. The highest BCUT2D eigenvalue weighted by molar-refractivity contribution is 8.13. The van der Waals surface area contributed by atoms with Crippen LogP contribution < -0.4 is 0 Å². The molecule has 46 heavy (non-hydrogen) atoms. The molecule has 0 spiro atoms. The maximum atomic E-state index is 13.0. The van der Waals surface area contributed by atoms with E-state index in [9.17, 15) is 14.4 Å². The number of nitrogens with zero attached hydrogens (tertiary/aromatic N) is 2. The number of unbranched alkanes of at least 4 members (excludes halogenated alkanes) is 13. The Morgan fingerprint density at radius 1 is 0.630 bits per heavy atom. The van der Waals surface area contributed by atoms with Crippen molar-refractivity contribution in [2.75, 3.05) is 46.1 Å². The lowest BCUT2D eigenvalue weighted by atomic mass is 10.0. The number of esters is 2. The van der Waals surface area contributed by atoms with E-state index in [1.165, 1.54) is 95.2 Å². The molecule has 0 heterocycles. The number of thioether (sulfide) groups is 1. The average molecular weight is 669 g/mol. The van der Waals surface area contributed by atoms with E-state index < -0.39 is 0 Å². The molecule has 1 unspecified atom stereocenters. The third kappa shape index (κ3) is 29.8. The Hall–Kier alpha value is -1.54. The molecule has 0 aromatic heterocycles. The smallest absolute Gasteiger partial charge is 0.306 e. The highest BCUT2D eigenvalue weighted by Crippen LogP contribution is 2.18. The van der Waals surface area contributed by atoms with Crippen LogP contribution in [0.5, 0.6) is 0 Å². The lowest BCUT2D eigenvalue weighted by Gasteiger charge is -2.23. The van der Waals surface area contributed by atoms with E-state index in [1.807, 2.05) is 20.2 Å². The molecule has 0 bridgehead atoms. The normalized spacial score (nSPS) is 12.1. The van der Waals surface area contributed by atoms with Crippen molar-refractivity contribution in [2.24, 2.45) is 0 Å². The fourth-order valence-electron chi connectivity index (χ4n) is 5.25. The first-order valence-corrected chi connectivity index (χ1v) is 19.9. The van der Waals surface area contributed by atoms with Gasteiger partial charge >= 0.3 is 11.9 Å². The van der Waals surface area contributed by atoms with Gasteiger partial charge in [-0.3, -0.25) is 14.4 Å². The van der Waals surface area contributed by atoms with Crippen LogP contribution >= 0.6 is 11.8 Å². The van der Waals surface area contributed by atoms with Crippen LogP contribution in [0.4, 0.5) is 4.79 Å². The first-order valence-electron chi connectivity index (χ1n) is 18.9. The van der Waals surface area contributed by atoms with Crippen LogP contribution in [-0.2, 0) is 19.1 Å². The number of allylic oxidation sites excluding steroid dienone is 1. The quantitative estimate of drug-likeness (QED) is 0.0401. The second-order valence-electron chi connectivity index (χ2n) is 13.0. The molecule has 0 aliphatic rings. The lowest BCUT2D eigenvalue weighted by molar-refractivity contribution is -0.150. The van der Waals surface area contributed by atoms with Gasteiger partial charge in [-0.1, -0.05) is 122 Å². The Labute approximate surface area is 288 Å². The van der Waals surface area contributed by atoms with Crippen LogP contribution in [0.1, 0.15) is 162 Å². The summed E-state index contributed by atoms with van der Waals surface area (Å²) in [6, 6.07) is 0. The minimum Gasteiger partial charge on any atom is -0.462 e. The number of hydrogen-bond donors (Lipinski definition) is 0. The molecule has 0 aromatic carbocycles. The molecule has 0 aliphatic carbocycles. The Kier molecular flexibility index (Phi) is 32.2. The van der Waals surface area contributed by atoms with Gasteiger partial charge in [-0.15, -0.1) is 0 Å². The van der Waals surface area contributed by atoms with Gasteiger partial charge in [0.1, 0.15) is 12.7 Å². The number of hydrogen-bond acceptors (Lipinski definition) is 7. The van der Waals surface area contributed by atoms with E-state index in [4.69, 9.17) is 9.47 Å². The predicted molar refractivity (Wildman–Crippen MR) is 197 cm³/mol. The summed E-state index contributed by atoms with van der Waals surface area (Å²) in [6.07, 6.45) is 27.0. The minimum atomic E-state index is -0.238. The van der Waals surface area contributed by atoms with Crippen molar-refractivity contribution in [1.29, 1.82) is 0 Å². The molecule has 8 heteroatoms. The summed E-state index contributed by atoms with van der Waals surface area (Å²) < 4.78 is 11.3. The number of ether oxygens (including phenoxy) is 2. The van der Waals surface area contributed by atoms with E-state index in [1.54, 1.807) is 4.90 Å². The molecular formula is C38H72N2O5S. The second-order valence-corrected chi connectivity index (χ2v) is 14.0. The van der Waals surface area contributed by atoms with Crippen LogP contribution in [0.3, 0.4) is 0 Å². The molecule has 0 radical (unpaired) electrons. The third-order valence-corrected chi connectivity index (χ3v) is 9.07. The van der Waals surface area contributed by atoms with Crippen molar-refractivity contribution < 1.29 is 23.9 Å². The van der Waals surface area contributed by atoms with Crippen LogP contribution in [0.15, 0.2) is 12.2 Å². The molecular weight excluding hydrogens is 596 g/mol. The maximum absolute atomic E-state index is 13.0. The van der Waals surface area contributed by atoms with Crippen molar-refractivity contribution >= 4 is 28.9 Å². The van der Waals surface area contributed by atoms with Crippen molar-refractivity contribution in [3.63, 3.8) is 0 Å². The first kappa shape index (κ1) is 44.5. The summed E-state index contributed by atoms with van der Waals surface area (Å²) in [6.45, 7) is 8.74. The van der Waals surface area contributed by atoms with Crippen molar-refractivity contribution in [1.82, 2.24) is 9.80 Å².